The lowest BCUT2D eigenvalue weighted by atomic mass is 9.94. The monoisotopic (exact) mass is 319 g/mol. The Hall–Kier alpha value is -1.43. The quantitative estimate of drug-likeness (QED) is 0.874. The van der Waals surface area contributed by atoms with E-state index in [-0.39, 0.29) is 11.8 Å². The molecule has 2 N–H and O–H groups in total. The number of hydrogen-bond donors (Lipinski definition) is 2. The zero-order valence-electron chi connectivity index (χ0n) is 14.3. The van der Waals surface area contributed by atoms with Crippen LogP contribution in [-0.2, 0) is 11.8 Å². The van der Waals surface area contributed by atoms with Crippen molar-refractivity contribution in [1.82, 2.24) is 20.1 Å². The average molecular weight is 319 g/mol. The van der Waals surface area contributed by atoms with Gasteiger partial charge in [0.2, 0.25) is 11.9 Å². The highest BCUT2D eigenvalue weighted by atomic mass is 16.2. The Bertz CT molecular complexity index is 529. The molecule has 1 unspecified atom stereocenters. The highest BCUT2D eigenvalue weighted by Crippen LogP contribution is 2.30. The molecule has 0 radical (unpaired) electrons. The Morgan fingerprint density at radius 2 is 2.00 bits per heavy atom. The lowest BCUT2D eigenvalue weighted by molar-refractivity contribution is -0.119. The minimum atomic E-state index is 0.0390. The number of aryl methyl sites for hydroxylation is 1. The molecule has 1 aliphatic carbocycles. The van der Waals surface area contributed by atoms with Crippen molar-refractivity contribution in [1.29, 1.82) is 0 Å². The molecule has 2 heterocycles. The van der Waals surface area contributed by atoms with E-state index in [1.807, 2.05) is 14.0 Å². The molecular formula is C17H29N5O. The average Bonchev–Trinajstić information content (AvgIpc) is 3.18. The summed E-state index contributed by atoms with van der Waals surface area (Å²) in [6.07, 6.45) is 8.32. The number of nitrogens with one attached hydrogen (secondary N) is 2. The number of rotatable bonds is 5. The van der Waals surface area contributed by atoms with Crippen molar-refractivity contribution in [3.05, 3.63) is 5.82 Å². The smallest absolute Gasteiger partial charge is 0.229 e. The second-order valence-electron chi connectivity index (χ2n) is 7.22. The van der Waals surface area contributed by atoms with Crippen LogP contribution in [0.15, 0.2) is 0 Å². The second kappa shape index (κ2) is 7.43. The van der Waals surface area contributed by atoms with Crippen molar-refractivity contribution in [2.75, 3.05) is 18.4 Å². The van der Waals surface area contributed by atoms with Gasteiger partial charge in [0.05, 0.1) is 0 Å². The summed E-state index contributed by atoms with van der Waals surface area (Å²) in [5.74, 6) is 2.69. The van der Waals surface area contributed by atoms with E-state index in [1.165, 1.54) is 25.7 Å². The summed E-state index contributed by atoms with van der Waals surface area (Å²) in [7, 11) is 1.86. The van der Waals surface area contributed by atoms with E-state index in [1.54, 1.807) is 4.68 Å². The van der Waals surface area contributed by atoms with E-state index in [0.717, 1.165) is 44.1 Å². The van der Waals surface area contributed by atoms with Crippen LogP contribution in [0.4, 0.5) is 5.95 Å². The van der Waals surface area contributed by atoms with Gasteiger partial charge in [-0.3, -0.25) is 10.1 Å². The molecule has 1 saturated heterocycles. The fourth-order valence-electron chi connectivity index (χ4n) is 3.85. The predicted octanol–water partition coefficient (Wildman–Crippen LogP) is 2.44. The molecule has 2 aliphatic rings. The highest BCUT2D eigenvalue weighted by Gasteiger charge is 2.24. The first kappa shape index (κ1) is 16.4. The lowest BCUT2D eigenvalue weighted by Crippen LogP contribution is -2.27. The largest absolute Gasteiger partial charge is 0.317 e. The maximum Gasteiger partial charge on any atom is 0.229 e. The van der Waals surface area contributed by atoms with Crippen molar-refractivity contribution in [3.8, 4) is 0 Å². The molecule has 6 nitrogen and oxygen atoms in total. The van der Waals surface area contributed by atoms with Crippen LogP contribution in [0, 0.1) is 11.8 Å². The van der Waals surface area contributed by atoms with Crippen LogP contribution < -0.4 is 10.6 Å². The molecule has 23 heavy (non-hydrogen) atoms. The van der Waals surface area contributed by atoms with E-state index in [4.69, 9.17) is 0 Å². The number of anilines is 1. The molecule has 1 amide bonds. The molecule has 0 spiro atoms. The normalized spacial score (nSPS) is 21.5. The predicted molar refractivity (Wildman–Crippen MR) is 90.2 cm³/mol. The Morgan fingerprint density at radius 3 is 2.70 bits per heavy atom. The van der Waals surface area contributed by atoms with E-state index < -0.39 is 0 Å². The molecule has 6 heteroatoms. The summed E-state index contributed by atoms with van der Waals surface area (Å²) in [5.41, 5.74) is 0. The zero-order valence-corrected chi connectivity index (χ0v) is 14.3. The van der Waals surface area contributed by atoms with Gasteiger partial charge in [-0.2, -0.15) is 10.1 Å². The van der Waals surface area contributed by atoms with Crippen LogP contribution in [0.25, 0.3) is 0 Å². The van der Waals surface area contributed by atoms with Crippen LogP contribution in [0.1, 0.15) is 63.6 Å². The fourth-order valence-corrected chi connectivity index (χ4v) is 3.85. The summed E-state index contributed by atoms with van der Waals surface area (Å²) < 4.78 is 1.71. The van der Waals surface area contributed by atoms with Crippen LogP contribution in [0.5, 0.6) is 0 Å². The van der Waals surface area contributed by atoms with Gasteiger partial charge in [0, 0.05) is 18.9 Å². The molecule has 0 aromatic carbocycles. The molecule has 1 aromatic heterocycles. The van der Waals surface area contributed by atoms with E-state index >= 15 is 0 Å². The molecule has 1 atom stereocenters. The van der Waals surface area contributed by atoms with Crippen molar-refractivity contribution in [2.45, 2.75) is 57.8 Å². The van der Waals surface area contributed by atoms with Crippen LogP contribution >= 0.6 is 0 Å². The number of carbonyl (C=O) groups is 1. The summed E-state index contributed by atoms with van der Waals surface area (Å²) in [6.45, 7) is 4.06. The molecular weight excluding hydrogens is 290 g/mol. The van der Waals surface area contributed by atoms with Gasteiger partial charge in [-0.15, -0.1) is 0 Å². The Balaban J connectivity index is 1.58. The van der Waals surface area contributed by atoms with Gasteiger partial charge in [-0.1, -0.05) is 32.6 Å². The molecule has 0 bridgehead atoms. The Labute approximate surface area is 138 Å². The van der Waals surface area contributed by atoms with Crippen molar-refractivity contribution >= 4 is 11.9 Å². The van der Waals surface area contributed by atoms with Crippen molar-refractivity contribution < 1.29 is 4.79 Å². The highest BCUT2D eigenvalue weighted by molar-refractivity contribution is 5.90. The van der Waals surface area contributed by atoms with E-state index in [0.29, 0.717) is 11.9 Å². The zero-order chi connectivity index (χ0) is 16.2. The summed E-state index contributed by atoms with van der Waals surface area (Å²) >= 11 is 0. The third kappa shape index (κ3) is 4.10. The van der Waals surface area contributed by atoms with Gasteiger partial charge in [0.15, 0.2) is 5.82 Å². The van der Waals surface area contributed by atoms with Gasteiger partial charge in [-0.05, 0) is 38.3 Å². The molecule has 1 saturated carbocycles. The first-order chi connectivity index (χ1) is 11.1. The van der Waals surface area contributed by atoms with Crippen molar-refractivity contribution in [2.24, 2.45) is 18.9 Å². The van der Waals surface area contributed by atoms with E-state index in [9.17, 15) is 4.79 Å². The molecule has 1 aromatic rings. The number of piperidine rings is 1. The first-order valence-electron chi connectivity index (χ1n) is 9.06. The molecule has 2 fully saturated rings. The van der Waals surface area contributed by atoms with Gasteiger partial charge >= 0.3 is 0 Å². The van der Waals surface area contributed by atoms with Crippen LogP contribution in [0.2, 0.25) is 0 Å². The maximum atomic E-state index is 12.4. The minimum Gasteiger partial charge on any atom is -0.317 e. The number of hydrogen-bond acceptors (Lipinski definition) is 4. The second-order valence-corrected chi connectivity index (χ2v) is 7.22. The molecule has 3 rings (SSSR count). The number of aromatic nitrogens is 3. The van der Waals surface area contributed by atoms with Gasteiger partial charge in [0.25, 0.3) is 0 Å². The maximum absolute atomic E-state index is 12.4. The van der Waals surface area contributed by atoms with Gasteiger partial charge in [0.1, 0.15) is 0 Å². The molecule has 1 aliphatic heterocycles. The fraction of sp³-hybridized carbons (Fsp3) is 0.824. The van der Waals surface area contributed by atoms with E-state index in [2.05, 4.69) is 20.7 Å². The summed E-state index contributed by atoms with van der Waals surface area (Å²) in [4.78, 5) is 17.0. The summed E-state index contributed by atoms with van der Waals surface area (Å²) in [5, 5.41) is 10.8. The number of amides is 1. The lowest BCUT2D eigenvalue weighted by Gasteiger charge is -2.19. The van der Waals surface area contributed by atoms with Crippen LogP contribution in [0.3, 0.4) is 0 Å². The standard InChI is InChI=1S/C17H29N5O/c1-12(11-13-5-3-4-6-13)16(23)20-17-19-15(21-22(17)2)14-7-9-18-10-8-14/h12-14,18H,3-11H2,1-2H3,(H,19,20,21,23). The van der Waals surface area contributed by atoms with Gasteiger partial charge < -0.3 is 5.32 Å². The topological polar surface area (TPSA) is 71.8 Å². The SMILES string of the molecule is CC(CC1CCCC1)C(=O)Nc1nc(C2CCNCC2)nn1C. The van der Waals surface area contributed by atoms with Crippen LogP contribution in [-0.4, -0.2) is 33.8 Å². The molecule has 128 valence electrons. The summed E-state index contributed by atoms with van der Waals surface area (Å²) in [6, 6.07) is 0. The number of carbonyl (C=O) groups excluding carboxylic acids is 1. The third-order valence-corrected chi connectivity index (χ3v) is 5.33. The third-order valence-electron chi connectivity index (χ3n) is 5.33. The van der Waals surface area contributed by atoms with Gasteiger partial charge in [-0.25, -0.2) is 4.68 Å². The minimum absolute atomic E-state index is 0.0390. The Kier molecular flexibility index (Phi) is 5.30. The first-order valence-corrected chi connectivity index (χ1v) is 9.06. The number of nitrogens with zero attached hydrogens (tertiary/aromatic N) is 3. The van der Waals surface area contributed by atoms with Crippen molar-refractivity contribution in [3.63, 3.8) is 0 Å². The Morgan fingerprint density at radius 1 is 1.30 bits per heavy atom.